The van der Waals surface area contributed by atoms with Gasteiger partial charge in [0.1, 0.15) is 5.82 Å². The van der Waals surface area contributed by atoms with Crippen molar-refractivity contribution in [2.75, 3.05) is 17.7 Å². The average molecular weight is 375 g/mol. The van der Waals surface area contributed by atoms with Gasteiger partial charge in [-0.25, -0.2) is 4.98 Å². The third-order valence-electron chi connectivity index (χ3n) is 3.90. The predicted molar refractivity (Wildman–Crippen MR) is 95.0 cm³/mol. The summed E-state index contributed by atoms with van der Waals surface area (Å²) in [5.74, 6) is 0.441. The van der Waals surface area contributed by atoms with Crippen molar-refractivity contribution in [1.29, 1.82) is 0 Å². The number of nitrogens with one attached hydrogen (secondary N) is 2. The lowest BCUT2D eigenvalue weighted by Crippen LogP contribution is -2.14. The van der Waals surface area contributed by atoms with E-state index in [9.17, 15) is 18.0 Å². The Morgan fingerprint density at radius 1 is 1.19 bits per heavy atom. The predicted octanol–water partition coefficient (Wildman–Crippen LogP) is 3.89. The van der Waals surface area contributed by atoms with Gasteiger partial charge in [-0.2, -0.15) is 18.2 Å². The number of nitrogens with zero attached hydrogens (tertiary/aromatic N) is 3. The van der Waals surface area contributed by atoms with E-state index in [1.165, 1.54) is 18.3 Å². The zero-order valence-electron chi connectivity index (χ0n) is 14.5. The molecule has 0 fully saturated rings. The number of rotatable bonds is 4. The topological polar surface area (TPSA) is 71.8 Å². The first kappa shape index (κ1) is 18.4. The number of hydrogen-bond acceptors (Lipinski definition) is 4. The maximum absolute atomic E-state index is 12.9. The molecule has 0 saturated heterocycles. The van der Waals surface area contributed by atoms with Crippen LogP contribution in [-0.2, 0) is 6.18 Å². The van der Waals surface area contributed by atoms with E-state index in [1.807, 2.05) is 0 Å². The van der Waals surface area contributed by atoms with Crippen LogP contribution in [0.4, 0.5) is 24.7 Å². The minimum absolute atomic E-state index is 0.107. The molecule has 0 radical (unpaired) electrons. The Morgan fingerprint density at radius 3 is 2.67 bits per heavy atom. The van der Waals surface area contributed by atoms with Crippen LogP contribution in [0.2, 0.25) is 0 Å². The number of aromatic nitrogens is 3. The van der Waals surface area contributed by atoms with Gasteiger partial charge in [0.25, 0.3) is 5.91 Å². The molecule has 0 saturated carbocycles. The summed E-state index contributed by atoms with van der Waals surface area (Å²) in [6, 6.07) is 6.45. The third-order valence-corrected chi connectivity index (χ3v) is 3.90. The highest BCUT2D eigenvalue weighted by Crippen LogP contribution is 2.32. The molecule has 0 unspecified atom stereocenters. The van der Waals surface area contributed by atoms with Crippen LogP contribution in [0.1, 0.15) is 21.5 Å². The van der Waals surface area contributed by atoms with Gasteiger partial charge in [0.05, 0.1) is 11.1 Å². The number of halogens is 3. The quantitative estimate of drug-likeness (QED) is 0.726. The molecule has 1 aromatic carbocycles. The Morgan fingerprint density at radius 2 is 1.96 bits per heavy atom. The Hall–Kier alpha value is -3.36. The van der Waals surface area contributed by atoms with Gasteiger partial charge in [0.2, 0.25) is 5.95 Å². The van der Waals surface area contributed by atoms with Gasteiger partial charge in [-0.05, 0) is 36.8 Å². The molecular weight excluding hydrogens is 359 g/mol. The van der Waals surface area contributed by atoms with E-state index < -0.39 is 17.6 Å². The maximum Gasteiger partial charge on any atom is 0.416 e. The fourth-order valence-electron chi connectivity index (χ4n) is 2.39. The molecule has 140 valence electrons. The van der Waals surface area contributed by atoms with Crippen molar-refractivity contribution in [3.63, 3.8) is 0 Å². The van der Waals surface area contributed by atoms with Crippen molar-refractivity contribution in [2.45, 2.75) is 13.1 Å². The Balaban J connectivity index is 1.83. The molecule has 0 aliphatic heterocycles. The van der Waals surface area contributed by atoms with E-state index in [1.54, 1.807) is 37.0 Å². The van der Waals surface area contributed by atoms with Crippen molar-refractivity contribution in [3.05, 3.63) is 65.6 Å². The van der Waals surface area contributed by atoms with Crippen LogP contribution in [0.25, 0.3) is 5.95 Å². The van der Waals surface area contributed by atoms with Crippen molar-refractivity contribution >= 4 is 17.4 Å². The summed E-state index contributed by atoms with van der Waals surface area (Å²) in [5, 5.41) is 5.41. The highest BCUT2D eigenvalue weighted by Gasteiger charge is 2.31. The van der Waals surface area contributed by atoms with Crippen LogP contribution >= 0.6 is 0 Å². The molecule has 2 aromatic heterocycles. The molecule has 6 nitrogen and oxygen atoms in total. The zero-order valence-corrected chi connectivity index (χ0v) is 14.5. The fourth-order valence-corrected chi connectivity index (χ4v) is 2.39. The van der Waals surface area contributed by atoms with Gasteiger partial charge in [0.15, 0.2) is 0 Å². The second-order valence-corrected chi connectivity index (χ2v) is 5.78. The first-order valence-corrected chi connectivity index (χ1v) is 7.96. The molecule has 0 bridgehead atoms. The Kier molecular flexibility index (Phi) is 4.85. The largest absolute Gasteiger partial charge is 0.416 e. The summed E-state index contributed by atoms with van der Waals surface area (Å²) in [6.07, 6.45) is 0.196. The smallest absolute Gasteiger partial charge is 0.373 e. The zero-order chi connectivity index (χ0) is 19.6. The second-order valence-electron chi connectivity index (χ2n) is 5.78. The normalized spacial score (nSPS) is 11.3. The molecule has 0 aliphatic carbocycles. The Labute approximate surface area is 153 Å². The summed E-state index contributed by atoms with van der Waals surface area (Å²) in [7, 11) is 1.72. The molecule has 2 heterocycles. The average Bonchev–Trinajstić information content (AvgIpc) is 3.13. The number of anilines is 2. The summed E-state index contributed by atoms with van der Waals surface area (Å²) >= 11 is 0. The summed E-state index contributed by atoms with van der Waals surface area (Å²) in [6.45, 7) is 1.62. The van der Waals surface area contributed by atoms with E-state index in [4.69, 9.17) is 0 Å². The van der Waals surface area contributed by atoms with Crippen LogP contribution in [0.5, 0.6) is 0 Å². The van der Waals surface area contributed by atoms with Crippen molar-refractivity contribution in [1.82, 2.24) is 14.5 Å². The second kappa shape index (κ2) is 7.10. The summed E-state index contributed by atoms with van der Waals surface area (Å²) < 4.78 is 40.2. The Bertz CT molecular complexity index is 981. The molecule has 27 heavy (non-hydrogen) atoms. The van der Waals surface area contributed by atoms with Gasteiger partial charge in [-0.15, -0.1) is 0 Å². The van der Waals surface area contributed by atoms with Crippen LogP contribution in [0, 0.1) is 6.92 Å². The number of carbonyl (C=O) groups excluding carboxylic acids is 1. The molecule has 2 N–H and O–H groups in total. The van der Waals surface area contributed by atoms with Crippen LogP contribution < -0.4 is 10.6 Å². The van der Waals surface area contributed by atoms with Crippen LogP contribution in [0.15, 0.2) is 48.9 Å². The first-order chi connectivity index (χ1) is 12.8. The van der Waals surface area contributed by atoms with E-state index in [2.05, 4.69) is 20.6 Å². The lowest BCUT2D eigenvalue weighted by Gasteiger charge is -2.12. The van der Waals surface area contributed by atoms with E-state index in [0.717, 1.165) is 12.1 Å². The fraction of sp³-hybridized carbons (Fsp3) is 0.167. The molecule has 0 aliphatic rings. The standard InChI is InChI=1S/C18H16F3N5O/c1-11-3-4-13(18(19,20)21)9-14(11)24-16(27)12-6-8-26(10-12)17-23-7-5-15(22-2)25-17/h3-10H,1-2H3,(H,24,27)(H,22,23,25). The maximum atomic E-state index is 12.9. The number of amides is 1. The lowest BCUT2D eigenvalue weighted by atomic mass is 10.1. The molecule has 0 spiro atoms. The monoisotopic (exact) mass is 375 g/mol. The number of aryl methyl sites for hydroxylation is 1. The van der Waals surface area contributed by atoms with Crippen molar-refractivity contribution in [3.8, 4) is 5.95 Å². The van der Waals surface area contributed by atoms with Gasteiger partial charge >= 0.3 is 6.18 Å². The highest BCUT2D eigenvalue weighted by molar-refractivity contribution is 6.04. The lowest BCUT2D eigenvalue weighted by molar-refractivity contribution is -0.137. The first-order valence-electron chi connectivity index (χ1n) is 7.96. The molecule has 1 amide bonds. The van der Waals surface area contributed by atoms with Gasteiger partial charge in [-0.3, -0.25) is 9.36 Å². The molecule has 0 atom stereocenters. The molecule has 3 rings (SSSR count). The van der Waals surface area contributed by atoms with Crippen LogP contribution in [-0.4, -0.2) is 27.5 Å². The van der Waals surface area contributed by atoms with Crippen molar-refractivity contribution in [2.24, 2.45) is 0 Å². The number of carbonyl (C=O) groups is 1. The molecular formula is C18H16F3N5O. The van der Waals surface area contributed by atoms with E-state index in [0.29, 0.717) is 17.3 Å². The summed E-state index contributed by atoms with van der Waals surface area (Å²) in [5.41, 5.74) is 0.0837. The van der Waals surface area contributed by atoms with E-state index in [-0.39, 0.29) is 11.3 Å². The SMILES string of the molecule is CNc1ccnc(-n2ccc(C(=O)Nc3cc(C(F)(F)F)ccc3C)c2)n1. The highest BCUT2D eigenvalue weighted by atomic mass is 19.4. The molecule has 3 aromatic rings. The number of benzene rings is 1. The van der Waals surface area contributed by atoms with Crippen molar-refractivity contribution < 1.29 is 18.0 Å². The third kappa shape index (κ3) is 4.08. The van der Waals surface area contributed by atoms with Crippen LogP contribution in [0.3, 0.4) is 0 Å². The number of hydrogen-bond donors (Lipinski definition) is 2. The van der Waals surface area contributed by atoms with Gasteiger partial charge in [0, 0.05) is 31.3 Å². The molecule has 9 heteroatoms. The van der Waals surface area contributed by atoms with E-state index >= 15 is 0 Å². The minimum Gasteiger partial charge on any atom is -0.373 e. The summed E-state index contributed by atoms with van der Waals surface area (Å²) in [4.78, 5) is 20.8. The number of alkyl halides is 3. The van der Waals surface area contributed by atoms with Gasteiger partial charge < -0.3 is 10.6 Å². The van der Waals surface area contributed by atoms with Gasteiger partial charge in [-0.1, -0.05) is 6.07 Å². The minimum atomic E-state index is -4.48.